The Labute approximate surface area is 235 Å². The first-order valence-corrected chi connectivity index (χ1v) is 10.7. The third-order valence-electron chi connectivity index (χ3n) is 5.65. The van der Waals surface area contributed by atoms with Gasteiger partial charge in [0.15, 0.2) is 5.82 Å². The Morgan fingerprint density at radius 1 is 1.03 bits per heavy atom. The molecule has 0 fully saturated rings. The van der Waals surface area contributed by atoms with E-state index in [4.69, 9.17) is 4.74 Å². The van der Waals surface area contributed by atoms with Crippen molar-refractivity contribution >= 4 is 0 Å². The number of aromatic hydroxyl groups is 1. The molecule has 8 heteroatoms. The van der Waals surface area contributed by atoms with Crippen molar-refractivity contribution in [2.24, 2.45) is 0 Å². The minimum absolute atomic E-state index is 0. The van der Waals surface area contributed by atoms with Crippen LogP contribution in [0, 0.1) is 6.92 Å². The van der Waals surface area contributed by atoms with E-state index in [1.165, 1.54) is 0 Å². The zero-order valence-corrected chi connectivity index (χ0v) is 24.4. The second-order valence-electron chi connectivity index (χ2n) is 8.42. The summed E-state index contributed by atoms with van der Waals surface area (Å²) < 4.78 is 6.03. The van der Waals surface area contributed by atoms with Crippen LogP contribution in [0.4, 0.5) is 0 Å². The van der Waals surface area contributed by atoms with Gasteiger partial charge in [-0.3, -0.25) is 0 Å². The van der Waals surface area contributed by atoms with Crippen molar-refractivity contribution in [3.8, 4) is 22.6 Å². The standard InChI is InChI=1S/C24H32N4O2.2Na/c1-5-18-15-20(19-12-8-7-11-17(19)2)21(29)16-22(18)30-14-10-6-9-13-24(3,4)23-25-27-28-26-23;;/h7-8,11-12,15-16,29H,5-6,9-10,13-14H2,1-4H3,(H,25,26,27,28);;/q;2*+1. The summed E-state index contributed by atoms with van der Waals surface area (Å²) in [5, 5.41) is 25.0. The number of benzene rings is 2. The molecule has 0 atom stereocenters. The maximum absolute atomic E-state index is 10.6. The molecule has 0 bridgehead atoms. The van der Waals surface area contributed by atoms with Crippen molar-refractivity contribution in [2.75, 3.05) is 6.61 Å². The quantitative estimate of drug-likeness (QED) is 0.315. The minimum atomic E-state index is -0.0829. The molecule has 0 unspecified atom stereocenters. The van der Waals surface area contributed by atoms with E-state index in [9.17, 15) is 5.11 Å². The van der Waals surface area contributed by atoms with E-state index in [0.717, 1.165) is 65.9 Å². The van der Waals surface area contributed by atoms with Gasteiger partial charge in [-0.05, 0) is 48.9 Å². The molecule has 32 heavy (non-hydrogen) atoms. The van der Waals surface area contributed by atoms with Crippen molar-refractivity contribution in [2.45, 2.75) is 65.2 Å². The Balaban J connectivity index is 0.00000256. The van der Waals surface area contributed by atoms with E-state index in [1.807, 2.05) is 18.2 Å². The van der Waals surface area contributed by atoms with Gasteiger partial charge in [0.25, 0.3) is 0 Å². The molecule has 160 valence electrons. The Morgan fingerprint density at radius 3 is 2.44 bits per heavy atom. The van der Waals surface area contributed by atoms with Crippen LogP contribution in [0.3, 0.4) is 0 Å². The van der Waals surface area contributed by atoms with Gasteiger partial charge in [-0.25, -0.2) is 0 Å². The summed E-state index contributed by atoms with van der Waals surface area (Å²) in [7, 11) is 0. The smallest absolute Gasteiger partial charge is 0.507 e. The summed E-state index contributed by atoms with van der Waals surface area (Å²) in [6.45, 7) is 9.09. The molecule has 0 spiro atoms. The number of aryl methyl sites for hydroxylation is 2. The number of nitrogens with zero attached hydrogens (tertiary/aromatic N) is 3. The SMILES string of the molecule is CCc1cc(-c2ccccc2C)c(O)cc1OCCCCCC(C)(C)c1nn[nH]n1.[Na+].[Na+]. The molecule has 0 saturated carbocycles. The normalized spacial score (nSPS) is 10.9. The molecular formula is C24H32N4Na2O2+2. The molecule has 0 aliphatic heterocycles. The molecule has 0 amide bonds. The number of hydrogen-bond acceptors (Lipinski definition) is 5. The number of tetrazole rings is 1. The van der Waals surface area contributed by atoms with Crippen LogP contribution in [0.15, 0.2) is 36.4 Å². The third kappa shape index (κ3) is 7.57. The molecule has 2 N–H and O–H groups in total. The summed E-state index contributed by atoms with van der Waals surface area (Å²) in [4.78, 5) is 0. The molecule has 2 aromatic carbocycles. The number of H-pyrrole nitrogens is 1. The van der Waals surface area contributed by atoms with Crippen LogP contribution in [-0.4, -0.2) is 32.3 Å². The average Bonchev–Trinajstić information content (AvgIpc) is 3.27. The van der Waals surface area contributed by atoms with E-state index in [2.05, 4.69) is 60.5 Å². The number of ether oxygens (including phenoxy) is 1. The zero-order chi connectivity index (χ0) is 21.6. The average molecular weight is 455 g/mol. The molecule has 0 radical (unpaired) electrons. The second-order valence-corrected chi connectivity index (χ2v) is 8.42. The Bertz CT molecular complexity index is 963. The summed E-state index contributed by atoms with van der Waals surface area (Å²) >= 11 is 0. The van der Waals surface area contributed by atoms with Gasteiger partial charge in [-0.2, -0.15) is 5.21 Å². The van der Waals surface area contributed by atoms with Gasteiger partial charge < -0.3 is 9.84 Å². The monoisotopic (exact) mass is 454 g/mol. The predicted octanol–water partition coefficient (Wildman–Crippen LogP) is -0.632. The van der Waals surface area contributed by atoms with Crippen LogP contribution in [-0.2, 0) is 11.8 Å². The van der Waals surface area contributed by atoms with Crippen LogP contribution in [0.5, 0.6) is 11.5 Å². The van der Waals surface area contributed by atoms with Crippen LogP contribution in [0.2, 0.25) is 0 Å². The van der Waals surface area contributed by atoms with Gasteiger partial charge in [-0.15, -0.1) is 10.2 Å². The first-order valence-electron chi connectivity index (χ1n) is 10.7. The molecule has 0 aliphatic rings. The molecule has 3 rings (SSSR count). The number of rotatable bonds is 10. The first-order chi connectivity index (χ1) is 14.4. The van der Waals surface area contributed by atoms with Gasteiger partial charge in [-0.1, -0.05) is 63.1 Å². The fraction of sp³-hybridized carbons (Fsp3) is 0.458. The molecule has 3 aromatic rings. The van der Waals surface area contributed by atoms with Crippen LogP contribution < -0.4 is 63.9 Å². The molecule has 1 heterocycles. The van der Waals surface area contributed by atoms with Gasteiger partial charge in [0.05, 0.1) is 6.61 Å². The van der Waals surface area contributed by atoms with E-state index in [1.54, 1.807) is 6.07 Å². The van der Waals surface area contributed by atoms with Crippen molar-refractivity contribution in [1.29, 1.82) is 0 Å². The van der Waals surface area contributed by atoms with Crippen molar-refractivity contribution in [3.05, 3.63) is 53.3 Å². The van der Waals surface area contributed by atoms with E-state index in [-0.39, 0.29) is 70.3 Å². The maximum Gasteiger partial charge on any atom is 1.00 e. The largest absolute Gasteiger partial charge is 1.00 e. The number of aromatic nitrogens is 4. The van der Waals surface area contributed by atoms with E-state index >= 15 is 0 Å². The number of nitrogens with one attached hydrogen (secondary N) is 1. The number of aromatic amines is 1. The summed E-state index contributed by atoms with van der Waals surface area (Å²) in [5.41, 5.74) is 4.10. The zero-order valence-electron chi connectivity index (χ0n) is 20.4. The fourth-order valence-corrected chi connectivity index (χ4v) is 3.70. The van der Waals surface area contributed by atoms with Crippen LogP contribution in [0.25, 0.3) is 11.1 Å². The number of phenols is 1. The summed E-state index contributed by atoms with van der Waals surface area (Å²) in [5.74, 6) is 1.80. The Morgan fingerprint density at radius 2 is 1.78 bits per heavy atom. The number of unbranched alkanes of at least 4 members (excludes halogenated alkanes) is 2. The van der Waals surface area contributed by atoms with Crippen molar-refractivity contribution < 1.29 is 69.0 Å². The molecule has 0 aliphatic carbocycles. The van der Waals surface area contributed by atoms with Gasteiger partial charge in [0, 0.05) is 17.0 Å². The van der Waals surface area contributed by atoms with Gasteiger partial charge in [0.1, 0.15) is 11.5 Å². The van der Waals surface area contributed by atoms with E-state index in [0.29, 0.717) is 6.61 Å². The second kappa shape index (κ2) is 13.7. The van der Waals surface area contributed by atoms with Gasteiger partial charge in [0.2, 0.25) is 0 Å². The summed E-state index contributed by atoms with van der Waals surface area (Å²) in [6.07, 6.45) is 4.96. The fourth-order valence-electron chi connectivity index (χ4n) is 3.70. The van der Waals surface area contributed by atoms with Crippen LogP contribution in [0.1, 0.15) is 63.4 Å². The van der Waals surface area contributed by atoms with Crippen LogP contribution >= 0.6 is 0 Å². The van der Waals surface area contributed by atoms with Gasteiger partial charge >= 0.3 is 59.1 Å². The first kappa shape index (κ1) is 29.1. The third-order valence-corrected chi connectivity index (χ3v) is 5.65. The number of hydrogen-bond donors (Lipinski definition) is 2. The number of phenolic OH excluding ortho intramolecular Hbond substituents is 1. The molecule has 6 nitrogen and oxygen atoms in total. The minimum Gasteiger partial charge on any atom is -0.507 e. The topological polar surface area (TPSA) is 83.9 Å². The Hall–Kier alpha value is -0.890. The Kier molecular flexibility index (Phi) is 12.5. The van der Waals surface area contributed by atoms with Crippen molar-refractivity contribution in [3.63, 3.8) is 0 Å². The molecular weight excluding hydrogens is 422 g/mol. The molecule has 1 aromatic heterocycles. The van der Waals surface area contributed by atoms with E-state index < -0.39 is 0 Å². The summed E-state index contributed by atoms with van der Waals surface area (Å²) in [6, 6.07) is 11.9. The predicted molar refractivity (Wildman–Crippen MR) is 119 cm³/mol. The molecule has 0 saturated heterocycles. The van der Waals surface area contributed by atoms with Crippen molar-refractivity contribution in [1.82, 2.24) is 20.6 Å². The maximum atomic E-state index is 10.6.